The molecular weight excluding hydrogens is 927 g/mol. The SMILES string of the molecule is Clc1cccc(C(c2ccc3nc[nH]c3c2)n2ccnc2)c1.Clc1cccc(C(c2ccc3nc[nH]c3c2)n2ccnc2)c1.O=C([O-])/C=C/C(=O)[O-].O=C([O-])/C=C/C(=O)[O-].O=C([O-])/C=C/C(=O)[O-]. The van der Waals surface area contributed by atoms with Gasteiger partial charge in [0.15, 0.2) is 0 Å². The van der Waals surface area contributed by atoms with E-state index >= 15 is 0 Å². The number of carboxylic acids is 6. The number of fused-ring (bicyclic) bond motifs is 2. The first-order valence-corrected chi connectivity index (χ1v) is 19.9. The lowest BCUT2D eigenvalue weighted by atomic mass is 9.98. The number of aliphatic carboxylic acids is 6. The topological polar surface area (TPSA) is 334 Å². The van der Waals surface area contributed by atoms with Crippen LogP contribution in [0, 0.1) is 0 Å². The molecule has 4 heterocycles. The zero-order chi connectivity index (χ0) is 49.6. The molecule has 0 spiro atoms. The highest BCUT2D eigenvalue weighted by molar-refractivity contribution is 6.31. The molecule has 348 valence electrons. The molecule has 2 atom stereocenters. The zero-order valence-electron chi connectivity index (χ0n) is 34.7. The fourth-order valence-corrected chi connectivity index (χ4v) is 6.32. The third-order valence-corrected chi connectivity index (χ3v) is 9.03. The maximum absolute atomic E-state index is 9.41. The van der Waals surface area contributed by atoms with E-state index in [-0.39, 0.29) is 12.1 Å². The molecule has 0 saturated heterocycles. The van der Waals surface area contributed by atoms with E-state index in [1.165, 1.54) is 0 Å². The number of H-pyrrole nitrogens is 2. The number of rotatable bonds is 12. The Morgan fingerprint density at radius 1 is 0.471 bits per heavy atom. The van der Waals surface area contributed by atoms with Crippen LogP contribution in [0.15, 0.2) is 171 Å². The van der Waals surface area contributed by atoms with E-state index in [0.29, 0.717) is 36.5 Å². The van der Waals surface area contributed by atoms with Crippen molar-refractivity contribution in [1.29, 1.82) is 0 Å². The minimum absolute atomic E-state index is 0.0221. The quantitative estimate of drug-likeness (QED) is 0.142. The fourth-order valence-electron chi connectivity index (χ4n) is 5.93. The van der Waals surface area contributed by atoms with Crippen molar-refractivity contribution in [2.45, 2.75) is 12.1 Å². The van der Waals surface area contributed by atoms with Crippen molar-refractivity contribution in [3.8, 4) is 0 Å². The van der Waals surface area contributed by atoms with Gasteiger partial charge in [0.25, 0.3) is 0 Å². The van der Waals surface area contributed by atoms with Crippen molar-refractivity contribution in [3.63, 3.8) is 0 Å². The van der Waals surface area contributed by atoms with Crippen molar-refractivity contribution < 1.29 is 59.4 Å². The molecule has 0 aliphatic carbocycles. The van der Waals surface area contributed by atoms with Gasteiger partial charge in [0.2, 0.25) is 0 Å². The molecule has 2 N–H and O–H groups in total. The number of aromatic amines is 2. The second kappa shape index (κ2) is 26.0. The Labute approximate surface area is 394 Å². The summed E-state index contributed by atoms with van der Waals surface area (Å²) in [7, 11) is 0. The Hall–Kier alpha value is -9.14. The Kier molecular flexibility index (Phi) is 19.7. The second-order valence-electron chi connectivity index (χ2n) is 13.2. The number of carbonyl (C=O) groups excluding carboxylic acids is 6. The summed E-state index contributed by atoms with van der Waals surface area (Å²) in [6.07, 6.45) is 16.9. The van der Waals surface area contributed by atoms with Crippen LogP contribution < -0.4 is 30.6 Å². The number of imidazole rings is 4. The van der Waals surface area contributed by atoms with Crippen molar-refractivity contribution in [2.24, 2.45) is 0 Å². The summed E-state index contributed by atoms with van der Waals surface area (Å²) in [6, 6.07) is 28.3. The number of carboxylic acid groups (broad SMARTS) is 6. The summed E-state index contributed by atoms with van der Waals surface area (Å²) >= 11 is 12.3. The summed E-state index contributed by atoms with van der Waals surface area (Å²) in [5.41, 5.74) is 8.48. The number of benzene rings is 4. The molecule has 0 aliphatic heterocycles. The van der Waals surface area contributed by atoms with E-state index in [0.717, 1.165) is 54.4 Å². The maximum atomic E-state index is 9.41. The van der Waals surface area contributed by atoms with Crippen LogP contribution in [0.3, 0.4) is 0 Å². The van der Waals surface area contributed by atoms with Crippen LogP contribution in [0.4, 0.5) is 0 Å². The van der Waals surface area contributed by atoms with Crippen LogP contribution in [-0.4, -0.2) is 74.9 Å². The first-order chi connectivity index (χ1) is 32.5. The number of hydrogen-bond donors (Lipinski definition) is 2. The summed E-state index contributed by atoms with van der Waals surface area (Å²) in [5, 5.41) is 57.9. The Morgan fingerprint density at radius 3 is 1.07 bits per heavy atom. The predicted octanol–water partition coefficient (Wildman–Crippen LogP) is -0.772. The molecule has 0 saturated carbocycles. The van der Waals surface area contributed by atoms with Gasteiger partial charge in [0.05, 0.1) is 95.3 Å². The molecule has 0 aliphatic rings. The maximum Gasteiger partial charge on any atom is 0.0954 e. The standard InChI is InChI=1S/2C17H13ClN4.3C4H4O4/c2*18-14-3-1-2-12(8-14)17(22-7-6-19-11-22)13-4-5-15-16(9-13)21-10-20-15;3*5-3(6)1-2-4(7)8/h2*1-11,17H,(H,20,21);3*1-2H,(H,5,6)(H,7,8)/p-6/b;;3*2-1+. The molecule has 22 heteroatoms. The highest BCUT2D eigenvalue weighted by Gasteiger charge is 2.18. The van der Waals surface area contributed by atoms with E-state index < -0.39 is 35.8 Å². The molecule has 4 aromatic heterocycles. The molecule has 8 aromatic rings. The van der Waals surface area contributed by atoms with Crippen LogP contribution in [0.5, 0.6) is 0 Å². The van der Waals surface area contributed by atoms with Crippen LogP contribution in [-0.2, 0) is 28.8 Å². The normalized spacial score (nSPS) is 11.5. The summed E-state index contributed by atoms with van der Waals surface area (Å²) < 4.78 is 4.15. The molecule has 2 unspecified atom stereocenters. The number of nitrogens with one attached hydrogen (secondary N) is 2. The Balaban J connectivity index is 0.000000204. The van der Waals surface area contributed by atoms with Crippen molar-refractivity contribution in [2.75, 3.05) is 0 Å². The minimum atomic E-state index is -1.55. The van der Waals surface area contributed by atoms with Gasteiger partial charge < -0.3 is 78.5 Å². The molecule has 8 rings (SSSR count). The van der Waals surface area contributed by atoms with Crippen molar-refractivity contribution in [3.05, 3.63) is 204 Å². The molecular formula is C46H32Cl2N8O12-6. The van der Waals surface area contributed by atoms with E-state index in [4.69, 9.17) is 23.2 Å². The fraction of sp³-hybridized carbons (Fsp3) is 0.0435. The summed E-state index contributed by atoms with van der Waals surface area (Å²) in [4.78, 5) is 79.7. The van der Waals surface area contributed by atoms with Crippen molar-refractivity contribution in [1.82, 2.24) is 39.0 Å². The average Bonchev–Trinajstić information content (AvgIpc) is 4.15. The van der Waals surface area contributed by atoms with Crippen LogP contribution in [0.2, 0.25) is 10.0 Å². The van der Waals surface area contributed by atoms with Gasteiger partial charge in [-0.1, -0.05) is 59.6 Å². The number of aromatic nitrogens is 8. The molecule has 0 amide bonds. The highest BCUT2D eigenvalue weighted by atomic mass is 35.5. The third-order valence-electron chi connectivity index (χ3n) is 8.56. The van der Waals surface area contributed by atoms with E-state index in [1.807, 2.05) is 73.6 Å². The molecule has 20 nitrogen and oxygen atoms in total. The molecule has 4 aromatic carbocycles. The highest BCUT2D eigenvalue weighted by Crippen LogP contribution is 2.31. The monoisotopic (exact) mass is 958 g/mol. The first kappa shape index (κ1) is 51.5. The Bertz CT molecular complexity index is 2770. The molecule has 0 fully saturated rings. The third kappa shape index (κ3) is 17.1. The van der Waals surface area contributed by atoms with Gasteiger partial charge >= 0.3 is 0 Å². The van der Waals surface area contributed by atoms with E-state index in [2.05, 4.69) is 75.4 Å². The van der Waals surface area contributed by atoms with Crippen LogP contribution >= 0.6 is 23.2 Å². The minimum Gasteiger partial charge on any atom is -0.545 e. The van der Waals surface area contributed by atoms with Gasteiger partial charge in [0, 0.05) is 34.8 Å². The number of halogens is 2. The van der Waals surface area contributed by atoms with Crippen molar-refractivity contribution >= 4 is 81.1 Å². The molecule has 0 bridgehead atoms. The van der Waals surface area contributed by atoms with Crippen LogP contribution in [0.1, 0.15) is 34.3 Å². The molecule has 0 radical (unpaired) electrons. The Morgan fingerprint density at radius 2 is 0.794 bits per heavy atom. The first-order valence-electron chi connectivity index (χ1n) is 19.1. The summed E-state index contributed by atoms with van der Waals surface area (Å²) in [6.45, 7) is 0. The lowest BCUT2D eigenvalue weighted by Gasteiger charge is -2.20. The lowest BCUT2D eigenvalue weighted by molar-refractivity contribution is -0.301. The number of carbonyl (C=O) groups is 6. The molecule has 68 heavy (non-hydrogen) atoms. The largest absolute Gasteiger partial charge is 0.545 e. The lowest BCUT2D eigenvalue weighted by Crippen LogP contribution is -2.23. The zero-order valence-corrected chi connectivity index (χ0v) is 36.2. The van der Waals surface area contributed by atoms with Gasteiger partial charge in [-0.2, -0.15) is 0 Å². The van der Waals surface area contributed by atoms with E-state index in [1.54, 1.807) is 25.0 Å². The van der Waals surface area contributed by atoms with Gasteiger partial charge in [-0.05, 0) is 107 Å². The van der Waals surface area contributed by atoms with Gasteiger partial charge in [0.1, 0.15) is 0 Å². The predicted molar refractivity (Wildman–Crippen MR) is 231 cm³/mol. The van der Waals surface area contributed by atoms with Gasteiger partial charge in [-0.25, -0.2) is 19.9 Å². The smallest absolute Gasteiger partial charge is 0.0954 e. The number of nitrogens with zero attached hydrogens (tertiary/aromatic N) is 6. The average molecular weight is 960 g/mol. The number of hydrogen-bond acceptors (Lipinski definition) is 16. The van der Waals surface area contributed by atoms with Crippen LogP contribution in [0.25, 0.3) is 22.1 Å². The van der Waals surface area contributed by atoms with Gasteiger partial charge in [-0.15, -0.1) is 0 Å². The second-order valence-corrected chi connectivity index (χ2v) is 14.1. The van der Waals surface area contributed by atoms with E-state index in [9.17, 15) is 59.4 Å². The van der Waals surface area contributed by atoms with Gasteiger partial charge in [-0.3, -0.25) is 0 Å². The summed E-state index contributed by atoms with van der Waals surface area (Å²) in [5.74, 6) is -9.28.